The van der Waals surface area contributed by atoms with E-state index >= 15 is 0 Å². The lowest BCUT2D eigenvalue weighted by atomic mass is 10.1. The van der Waals surface area contributed by atoms with Gasteiger partial charge in [0.15, 0.2) is 0 Å². The molecule has 3 rings (SSSR count). The highest BCUT2D eigenvalue weighted by Crippen LogP contribution is 2.26. The van der Waals surface area contributed by atoms with E-state index in [4.69, 9.17) is 19.1 Å². The maximum absolute atomic E-state index is 8.12. The van der Waals surface area contributed by atoms with Gasteiger partial charge in [-0.25, -0.2) is 0 Å². The Bertz CT molecular complexity index is 764. The van der Waals surface area contributed by atoms with Crippen LogP contribution < -0.4 is 9.47 Å². The van der Waals surface area contributed by atoms with Gasteiger partial charge in [0.1, 0.15) is 17.7 Å². The highest BCUT2D eigenvalue weighted by atomic mass is 16.5. The minimum absolute atomic E-state index is 0.250. The zero-order valence-electron chi connectivity index (χ0n) is 12.2. The first-order chi connectivity index (χ1) is 11.3. The van der Waals surface area contributed by atoms with Crippen LogP contribution in [0.25, 0.3) is 11.1 Å². The molecule has 0 unspecified atom stereocenters. The Morgan fingerprint density at radius 2 is 1.74 bits per heavy atom. The van der Waals surface area contributed by atoms with Gasteiger partial charge >= 0.3 is 6.15 Å². The van der Waals surface area contributed by atoms with Crippen LogP contribution in [-0.4, -0.2) is 28.7 Å². The van der Waals surface area contributed by atoms with Crippen LogP contribution in [0.1, 0.15) is 0 Å². The molecule has 0 aliphatic carbocycles. The summed E-state index contributed by atoms with van der Waals surface area (Å²) in [6.45, 7) is 0. The number of hydrogen-bond acceptors (Lipinski definition) is 6. The zero-order chi connectivity index (χ0) is 16.5. The van der Waals surface area contributed by atoms with E-state index in [1.165, 1.54) is 6.20 Å². The molecule has 2 aromatic carbocycles. The van der Waals surface area contributed by atoms with Gasteiger partial charge in [-0.1, -0.05) is 24.3 Å². The molecule has 1 aromatic heterocycles. The minimum atomic E-state index is 0.250. The van der Waals surface area contributed by atoms with Crippen molar-refractivity contribution in [1.82, 2.24) is 15.4 Å². The Morgan fingerprint density at radius 1 is 1.00 bits per heavy atom. The van der Waals surface area contributed by atoms with E-state index < -0.39 is 0 Å². The quantitative estimate of drug-likeness (QED) is 0.796. The predicted molar refractivity (Wildman–Crippen MR) is 79.9 cm³/mol. The van der Waals surface area contributed by atoms with Crippen LogP contribution in [0.3, 0.4) is 0 Å². The first-order valence-corrected chi connectivity index (χ1v) is 6.54. The monoisotopic (exact) mass is 311 g/mol. The average molecular weight is 311 g/mol. The summed E-state index contributed by atoms with van der Waals surface area (Å²) >= 11 is 0. The number of H-pyrrole nitrogens is 1. The number of aromatic nitrogens is 3. The van der Waals surface area contributed by atoms with E-state index in [-0.39, 0.29) is 6.15 Å². The lowest BCUT2D eigenvalue weighted by Crippen LogP contribution is -1.86. The van der Waals surface area contributed by atoms with E-state index in [0.717, 1.165) is 16.9 Å². The molecular formula is C16H13N3O4. The van der Waals surface area contributed by atoms with Crippen molar-refractivity contribution < 1.29 is 19.1 Å². The Labute approximate surface area is 131 Å². The van der Waals surface area contributed by atoms with Crippen LogP contribution in [0.15, 0.2) is 54.7 Å². The van der Waals surface area contributed by atoms with Crippen molar-refractivity contribution in [2.75, 3.05) is 7.11 Å². The zero-order valence-corrected chi connectivity index (χ0v) is 12.2. The molecule has 7 nitrogen and oxygen atoms in total. The van der Waals surface area contributed by atoms with Gasteiger partial charge in [-0.3, -0.25) is 0 Å². The lowest BCUT2D eigenvalue weighted by Gasteiger charge is -2.06. The van der Waals surface area contributed by atoms with E-state index in [1.54, 1.807) is 7.11 Å². The van der Waals surface area contributed by atoms with E-state index in [1.807, 2.05) is 48.5 Å². The van der Waals surface area contributed by atoms with Crippen molar-refractivity contribution in [3.8, 4) is 28.5 Å². The minimum Gasteiger partial charge on any atom is -0.497 e. The fraction of sp³-hybridized carbons (Fsp3) is 0.0625. The fourth-order valence-corrected chi connectivity index (χ4v) is 1.88. The molecule has 0 atom stereocenters. The maximum atomic E-state index is 8.12. The van der Waals surface area contributed by atoms with Gasteiger partial charge < -0.3 is 9.47 Å². The molecule has 0 bridgehead atoms. The Balaban J connectivity index is 0.000000595. The third-order valence-corrected chi connectivity index (χ3v) is 2.87. The topological polar surface area (TPSA) is 94.2 Å². The summed E-state index contributed by atoms with van der Waals surface area (Å²) in [6, 6.07) is 15.7. The van der Waals surface area contributed by atoms with E-state index in [2.05, 4.69) is 15.4 Å². The summed E-state index contributed by atoms with van der Waals surface area (Å²) < 4.78 is 10.8. The van der Waals surface area contributed by atoms with Crippen LogP contribution in [-0.2, 0) is 9.59 Å². The molecule has 0 amide bonds. The second-order valence-electron chi connectivity index (χ2n) is 4.25. The smallest absolute Gasteiger partial charge is 0.373 e. The van der Waals surface area contributed by atoms with Crippen LogP contribution in [0.4, 0.5) is 0 Å². The lowest BCUT2D eigenvalue weighted by molar-refractivity contribution is -0.191. The predicted octanol–water partition coefficient (Wildman–Crippen LogP) is 2.69. The molecule has 0 saturated heterocycles. The van der Waals surface area contributed by atoms with Crippen molar-refractivity contribution in [3.05, 3.63) is 54.7 Å². The van der Waals surface area contributed by atoms with Crippen LogP contribution in [0.5, 0.6) is 17.4 Å². The van der Waals surface area contributed by atoms with Gasteiger partial charge in [0.25, 0.3) is 5.88 Å². The van der Waals surface area contributed by atoms with Gasteiger partial charge in [-0.15, -0.1) is 5.10 Å². The Hall–Kier alpha value is -3.44. The highest BCUT2D eigenvalue weighted by Gasteiger charge is 2.02. The number of methoxy groups -OCH3 is 1. The van der Waals surface area contributed by atoms with Crippen LogP contribution in [0, 0.1) is 0 Å². The number of benzene rings is 2. The summed E-state index contributed by atoms with van der Waals surface area (Å²) in [5.74, 6) is 2.00. The number of nitrogens with one attached hydrogen (secondary N) is 1. The van der Waals surface area contributed by atoms with Crippen molar-refractivity contribution in [2.45, 2.75) is 0 Å². The van der Waals surface area contributed by atoms with Gasteiger partial charge in [0.2, 0.25) is 0 Å². The van der Waals surface area contributed by atoms with E-state index in [9.17, 15) is 0 Å². The number of ether oxygens (including phenoxy) is 2. The van der Waals surface area contributed by atoms with Crippen molar-refractivity contribution >= 4 is 6.15 Å². The van der Waals surface area contributed by atoms with Crippen molar-refractivity contribution in [2.24, 2.45) is 0 Å². The first-order valence-electron chi connectivity index (χ1n) is 6.54. The number of rotatable bonds is 4. The molecule has 0 radical (unpaired) electrons. The standard InChI is InChI=1S/C15H13N3O2.CO2/c1-19-14-4-2-3-12(9-14)11-5-7-13(8-6-11)20-15-10-16-18-17-15;2-1-3/h2-10H,1H3,(H,16,17,18);. The van der Waals surface area contributed by atoms with Crippen molar-refractivity contribution in [3.63, 3.8) is 0 Å². The molecule has 116 valence electrons. The summed E-state index contributed by atoms with van der Waals surface area (Å²) in [5.41, 5.74) is 2.19. The van der Waals surface area contributed by atoms with Gasteiger partial charge in [0, 0.05) is 0 Å². The molecule has 0 spiro atoms. The van der Waals surface area contributed by atoms with Gasteiger partial charge in [-0.05, 0) is 35.4 Å². The molecule has 1 heterocycles. The molecule has 0 aliphatic heterocycles. The fourth-order valence-electron chi connectivity index (χ4n) is 1.88. The summed E-state index contributed by atoms with van der Waals surface area (Å²) in [5, 5.41) is 10.0. The Kier molecular flexibility index (Phi) is 5.62. The molecular weight excluding hydrogens is 298 g/mol. The molecule has 3 aromatic rings. The average Bonchev–Trinajstić information content (AvgIpc) is 3.09. The normalized spacial score (nSPS) is 9.26. The molecule has 7 heteroatoms. The van der Waals surface area contributed by atoms with Crippen LogP contribution >= 0.6 is 0 Å². The number of hydrogen-bond donors (Lipinski definition) is 1. The van der Waals surface area contributed by atoms with E-state index in [0.29, 0.717) is 11.6 Å². The molecule has 0 aliphatic rings. The first kappa shape index (κ1) is 15.9. The van der Waals surface area contributed by atoms with Gasteiger partial charge in [0.05, 0.1) is 7.11 Å². The molecule has 23 heavy (non-hydrogen) atoms. The molecule has 0 fully saturated rings. The Morgan fingerprint density at radius 3 is 2.35 bits per heavy atom. The maximum Gasteiger partial charge on any atom is 0.373 e. The third-order valence-electron chi connectivity index (χ3n) is 2.87. The van der Waals surface area contributed by atoms with Crippen LogP contribution in [0.2, 0.25) is 0 Å². The number of aromatic amines is 1. The second-order valence-corrected chi connectivity index (χ2v) is 4.25. The summed E-state index contributed by atoms with van der Waals surface area (Å²) in [7, 11) is 1.66. The second kappa shape index (κ2) is 8.11. The summed E-state index contributed by atoms with van der Waals surface area (Å²) in [6.07, 6.45) is 1.77. The van der Waals surface area contributed by atoms with Gasteiger partial charge in [-0.2, -0.15) is 19.9 Å². The molecule has 0 saturated carbocycles. The number of nitrogens with zero attached hydrogens (tertiary/aromatic N) is 2. The third kappa shape index (κ3) is 4.52. The SMILES string of the molecule is COc1cccc(-c2ccc(Oc3cn[nH]n3)cc2)c1.O=C=O. The summed E-state index contributed by atoms with van der Waals surface area (Å²) in [4.78, 5) is 16.2. The number of carbonyl (C=O) groups excluding carboxylic acids is 2. The largest absolute Gasteiger partial charge is 0.497 e. The molecule has 1 N–H and O–H groups in total. The highest BCUT2D eigenvalue weighted by molar-refractivity contribution is 5.65. The van der Waals surface area contributed by atoms with Crippen molar-refractivity contribution in [1.29, 1.82) is 0 Å².